The fourth-order valence-corrected chi connectivity index (χ4v) is 1.94. The normalized spacial score (nSPS) is 11.1. The Morgan fingerprint density at radius 2 is 1.67 bits per heavy atom. The summed E-state index contributed by atoms with van der Waals surface area (Å²) in [6, 6.07) is 1.40. The van der Waals surface area contributed by atoms with Crippen LogP contribution in [0.25, 0.3) is 0 Å². The van der Waals surface area contributed by atoms with Crippen molar-refractivity contribution in [1.82, 2.24) is 4.90 Å². The Morgan fingerprint density at radius 1 is 1.17 bits per heavy atom. The molecular weight excluding hydrogens is 240 g/mol. The van der Waals surface area contributed by atoms with Gasteiger partial charge in [-0.15, -0.1) is 0 Å². The molecule has 0 spiro atoms. The van der Waals surface area contributed by atoms with Crippen LogP contribution in [0.5, 0.6) is 5.75 Å². The highest BCUT2D eigenvalue weighted by Crippen LogP contribution is 2.25. The fourth-order valence-electron chi connectivity index (χ4n) is 1.94. The number of carbonyl (C=O) groups is 1. The van der Waals surface area contributed by atoms with Crippen LogP contribution in [0.15, 0.2) is 12.1 Å². The molecule has 1 rings (SSSR count). The molecule has 0 bridgehead atoms. The summed E-state index contributed by atoms with van der Waals surface area (Å²) in [4.78, 5) is 13.6. The molecule has 0 radical (unpaired) electrons. The Kier molecular flexibility index (Phi) is 4.27. The lowest BCUT2D eigenvalue weighted by molar-refractivity contribution is 0.0634. The van der Waals surface area contributed by atoms with Crippen molar-refractivity contribution in [3.05, 3.63) is 29.3 Å². The van der Waals surface area contributed by atoms with Crippen molar-refractivity contribution in [2.24, 2.45) is 0 Å². The van der Waals surface area contributed by atoms with Crippen molar-refractivity contribution in [1.29, 1.82) is 0 Å². The van der Waals surface area contributed by atoms with Gasteiger partial charge in [0.05, 0.1) is 0 Å². The van der Waals surface area contributed by atoms with Crippen LogP contribution in [0.2, 0.25) is 0 Å². The predicted molar refractivity (Wildman–Crippen MR) is 64.5 cm³/mol. The standard InChI is InChI=1S/C13H17F2NO2/c1-7(2)16(8(3)4)13(18)11-10(17)6-5-9(14)12(11)15/h5-8,17H,1-4H3. The molecule has 18 heavy (non-hydrogen) atoms. The minimum atomic E-state index is -1.31. The van der Waals surface area contributed by atoms with E-state index in [1.807, 2.05) is 0 Å². The summed E-state index contributed by atoms with van der Waals surface area (Å²) in [6.45, 7) is 7.08. The molecule has 0 saturated heterocycles. The number of benzene rings is 1. The maximum Gasteiger partial charge on any atom is 0.261 e. The number of hydrogen-bond acceptors (Lipinski definition) is 2. The van der Waals surface area contributed by atoms with Crippen LogP contribution < -0.4 is 0 Å². The molecule has 0 heterocycles. The van der Waals surface area contributed by atoms with Gasteiger partial charge in [0.1, 0.15) is 11.3 Å². The summed E-state index contributed by atoms with van der Waals surface area (Å²) >= 11 is 0. The van der Waals surface area contributed by atoms with Gasteiger partial charge in [0, 0.05) is 12.1 Å². The number of hydrogen-bond donors (Lipinski definition) is 1. The summed E-state index contributed by atoms with van der Waals surface area (Å²) in [5, 5.41) is 9.54. The van der Waals surface area contributed by atoms with E-state index >= 15 is 0 Å². The third-order valence-corrected chi connectivity index (χ3v) is 2.63. The average Bonchev–Trinajstić information content (AvgIpc) is 2.23. The van der Waals surface area contributed by atoms with Gasteiger partial charge in [-0.1, -0.05) is 0 Å². The lowest BCUT2D eigenvalue weighted by atomic mass is 10.1. The van der Waals surface area contributed by atoms with E-state index in [0.29, 0.717) is 0 Å². The molecule has 0 aromatic heterocycles. The highest BCUT2D eigenvalue weighted by molar-refractivity contribution is 5.97. The maximum atomic E-state index is 13.6. The minimum absolute atomic E-state index is 0.181. The molecule has 0 saturated carbocycles. The number of carbonyl (C=O) groups excluding carboxylic acids is 1. The van der Waals surface area contributed by atoms with Crippen LogP contribution in [0.1, 0.15) is 38.1 Å². The first kappa shape index (κ1) is 14.4. The molecule has 5 heteroatoms. The van der Waals surface area contributed by atoms with Crippen molar-refractivity contribution in [2.45, 2.75) is 39.8 Å². The first-order chi connectivity index (χ1) is 8.27. The first-order valence-corrected chi connectivity index (χ1v) is 5.77. The minimum Gasteiger partial charge on any atom is -0.507 e. The number of rotatable bonds is 3. The van der Waals surface area contributed by atoms with E-state index in [2.05, 4.69) is 0 Å². The summed E-state index contributed by atoms with van der Waals surface area (Å²) in [5.41, 5.74) is -0.614. The summed E-state index contributed by atoms with van der Waals surface area (Å²) < 4.78 is 26.7. The Hall–Kier alpha value is -1.65. The van der Waals surface area contributed by atoms with Crippen LogP contribution in [-0.2, 0) is 0 Å². The Balaban J connectivity index is 3.29. The smallest absolute Gasteiger partial charge is 0.261 e. The van der Waals surface area contributed by atoms with Gasteiger partial charge in [-0.3, -0.25) is 4.79 Å². The van der Waals surface area contributed by atoms with Crippen LogP contribution in [-0.4, -0.2) is 28.0 Å². The monoisotopic (exact) mass is 257 g/mol. The van der Waals surface area contributed by atoms with Crippen LogP contribution >= 0.6 is 0 Å². The van der Waals surface area contributed by atoms with E-state index < -0.39 is 28.9 Å². The number of amides is 1. The van der Waals surface area contributed by atoms with Crippen molar-refractivity contribution < 1.29 is 18.7 Å². The lowest BCUT2D eigenvalue weighted by Gasteiger charge is -2.31. The fraction of sp³-hybridized carbons (Fsp3) is 0.462. The van der Waals surface area contributed by atoms with Gasteiger partial charge in [0.2, 0.25) is 0 Å². The molecule has 1 amide bonds. The molecule has 0 aliphatic heterocycles. The maximum absolute atomic E-state index is 13.6. The lowest BCUT2D eigenvalue weighted by Crippen LogP contribution is -2.42. The van der Waals surface area contributed by atoms with E-state index in [0.717, 1.165) is 12.1 Å². The second-order valence-electron chi connectivity index (χ2n) is 4.66. The first-order valence-electron chi connectivity index (χ1n) is 5.77. The van der Waals surface area contributed by atoms with E-state index in [1.54, 1.807) is 27.7 Å². The third kappa shape index (κ3) is 2.60. The molecule has 0 unspecified atom stereocenters. The quantitative estimate of drug-likeness (QED) is 0.904. The number of phenols is 1. The molecule has 0 fully saturated rings. The molecule has 0 aliphatic rings. The molecule has 3 nitrogen and oxygen atoms in total. The van der Waals surface area contributed by atoms with Gasteiger partial charge in [-0.05, 0) is 39.8 Å². The van der Waals surface area contributed by atoms with Gasteiger partial charge < -0.3 is 10.0 Å². The predicted octanol–water partition coefficient (Wildman–Crippen LogP) is 2.93. The van der Waals surface area contributed by atoms with Gasteiger partial charge in [0.25, 0.3) is 5.91 Å². The van der Waals surface area contributed by atoms with Crippen molar-refractivity contribution >= 4 is 5.91 Å². The number of aromatic hydroxyl groups is 1. The number of halogens is 2. The van der Waals surface area contributed by atoms with E-state index in [-0.39, 0.29) is 12.1 Å². The molecule has 1 N–H and O–H groups in total. The van der Waals surface area contributed by atoms with Crippen LogP contribution in [0, 0.1) is 11.6 Å². The summed E-state index contributed by atoms with van der Waals surface area (Å²) in [7, 11) is 0. The third-order valence-electron chi connectivity index (χ3n) is 2.63. The Bertz CT molecular complexity index is 451. The molecule has 100 valence electrons. The molecule has 1 aromatic carbocycles. The summed E-state index contributed by atoms with van der Waals surface area (Å²) in [6.07, 6.45) is 0. The Morgan fingerprint density at radius 3 is 2.11 bits per heavy atom. The highest BCUT2D eigenvalue weighted by Gasteiger charge is 2.28. The number of nitrogens with zero attached hydrogens (tertiary/aromatic N) is 1. The Labute approximate surface area is 105 Å². The van der Waals surface area contributed by atoms with E-state index in [1.165, 1.54) is 4.90 Å². The van der Waals surface area contributed by atoms with Crippen molar-refractivity contribution in [2.75, 3.05) is 0 Å². The second kappa shape index (κ2) is 5.33. The zero-order valence-corrected chi connectivity index (χ0v) is 10.9. The highest BCUT2D eigenvalue weighted by atomic mass is 19.2. The largest absolute Gasteiger partial charge is 0.507 e. The van der Waals surface area contributed by atoms with Crippen molar-refractivity contribution in [3.63, 3.8) is 0 Å². The molecule has 0 aliphatic carbocycles. The molecule has 1 aromatic rings. The molecule has 0 atom stereocenters. The van der Waals surface area contributed by atoms with E-state index in [9.17, 15) is 18.7 Å². The molecular formula is C13H17F2NO2. The van der Waals surface area contributed by atoms with Crippen molar-refractivity contribution in [3.8, 4) is 5.75 Å². The van der Waals surface area contributed by atoms with E-state index in [4.69, 9.17) is 0 Å². The van der Waals surface area contributed by atoms with Crippen LogP contribution in [0.3, 0.4) is 0 Å². The van der Waals surface area contributed by atoms with Gasteiger partial charge in [-0.25, -0.2) is 8.78 Å². The second-order valence-corrected chi connectivity index (χ2v) is 4.66. The van der Waals surface area contributed by atoms with Gasteiger partial charge >= 0.3 is 0 Å². The SMILES string of the molecule is CC(C)N(C(=O)c1c(O)ccc(F)c1F)C(C)C. The van der Waals surface area contributed by atoms with Gasteiger partial charge in [-0.2, -0.15) is 0 Å². The van der Waals surface area contributed by atoms with Crippen LogP contribution in [0.4, 0.5) is 8.78 Å². The summed E-state index contributed by atoms with van der Waals surface area (Å²) in [5.74, 6) is -3.73. The van der Waals surface area contributed by atoms with Gasteiger partial charge in [0.15, 0.2) is 11.6 Å². The zero-order valence-electron chi connectivity index (χ0n) is 10.9. The topological polar surface area (TPSA) is 40.5 Å². The zero-order chi connectivity index (χ0) is 14.0. The average molecular weight is 257 g/mol. The number of phenolic OH excluding ortho intramolecular Hbond substituents is 1.